The van der Waals surface area contributed by atoms with Gasteiger partial charge in [0, 0.05) is 12.6 Å². The number of carboxylic acids is 1. The van der Waals surface area contributed by atoms with Crippen LogP contribution in [0.2, 0.25) is 0 Å². The minimum Gasteiger partial charge on any atom is -0.496 e. The van der Waals surface area contributed by atoms with E-state index in [2.05, 4.69) is 18.9 Å². The molecule has 0 atom stereocenters. The first-order valence-corrected chi connectivity index (χ1v) is 6.39. The summed E-state index contributed by atoms with van der Waals surface area (Å²) >= 11 is 0. The average Bonchev–Trinajstić information content (AvgIpc) is 2.80. The van der Waals surface area contributed by atoms with E-state index in [-0.39, 0.29) is 5.69 Å². The third-order valence-corrected chi connectivity index (χ3v) is 3.27. The van der Waals surface area contributed by atoms with Crippen LogP contribution in [0, 0.1) is 0 Å². The predicted octanol–water partition coefficient (Wildman–Crippen LogP) is 2.92. The Bertz CT molecular complexity index is 645. The summed E-state index contributed by atoms with van der Waals surface area (Å²) in [6, 6.07) is 7.50. The van der Waals surface area contributed by atoms with Gasteiger partial charge in [0.2, 0.25) is 0 Å². The zero-order valence-corrected chi connectivity index (χ0v) is 12.0. The summed E-state index contributed by atoms with van der Waals surface area (Å²) in [5, 5.41) is 13.0. The second kappa shape index (κ2) is 5.36. The second-order valence-electron chi connectivity index (χ2n) is 4.96. The summed E-state index contributed by atoms with van der Waals surface area (Å²) in [7, 11) is 3.33. The lowest BCUT2D eigenvalue weighted by atomic mass is 9.99. The van der Waals surface area contributed by atoms with E-state index in [1.54, 1.807) is 24.9 Å². The number of hydrogen-bond donors (Lipinski definition) is 1. The second-order valence-corrected chi connectivity index (χ2v) is 4.96. The summed E-state index contributed by atoms with van der Waals surface area (Å²) in [5.41, 5.74) is 2.75. The maximum atomic E-state index is 11.0. The standard InChI is InChI=1S/C15H18N2O3/c1-9(2)10-5-6-11(14(7-10)20-4)13-8-12(15(18)19)16-17(13)3/h5-9H,1-4H3,(H,18,19). The van der Waals surface area contributed by atoms with Crippen LogP contribution in [-0.4, -0.2) is 28.0 Å². The lowest BCUT2D eigenvalue weighted by Gasteiger charge is -2.12. The van der Waals surface area contributed by atoms with E-state index < -0.39 is 5.97 Å². The molecule has 0 aliphatic rings. The highest BCUT2D eigenvalue weighted by atomic mass is 16.5. The highest BCUT2D eigenvalue weighted by Gasteiger charge is 2.16. The predicted molar refractivity (Wildman–Crippen MR) is 76.2 cm³/mol. The quantitative estimate of drug-likeness (QED) is 0.931. The van der Waals surface area contributed by atoms with Crippen molar-refractivity contribution in [2.24, 2.45) is 7.05 Å². The number of aromatic carboxylic acids is 1. The molecule has 0 radical (unpaired) electrons. The van der Waals surface area contributed by atoms with Crippen molar-refractivity contribution in [1.82, 2.24) is 9.78 Å². The molecule has 0 aliphatic carbocycles. The van der Waals surface area contributed by atoms with Crippen molar-refractivity contribution in [2.75, 3.05) is 7.11 Å². The first-order chi connectivity index (χ1) is 9.43. The number of methoxy groups -OCH3 is 1. The molecule has 2 rings (SSSR count). The van der Waals surface area contributed by atoms with Crippen LogP contribution in [-0.2, 0) is 7.05 Å². The molecule has 5 nitrogen and oxygen atoms in total. The number of rotatable bonds is 4. The van der Waals surface area contributed by atoms with Crippen molar-refractivity contribution in [3.05, 3.63) is 35.5 Å². The maximum Gasteiger partial charge on any atom is 0.356 e. The Balaban J connectivity index is 2.54. The molecule has 20 heavy (non-hydrogen) atoms. The van der Waals surface area contributed by atoms with E-state index in [0.717, 1.165) is 17.0 Å². The number of hydrogen-bond acceptors (Lipinski definition) is 3. The first-order valence-electron chi connectivity index (χ1n) is 6.39. The van der Waals surface area contributed by atoms with Gasteiger partial charge in [-0.15, -0.1) is 0 Å². The van der Waals surface area contributed by atoms with Gasteiger partial charge in [0.15, 0.2) is 5.69 Å². The van der Waals surface area contributed by atoms with Crippen molar-refractivity contribution in [3.8, 4) is 17.0 Å². The zero-order valence-electron chi connectivity index (χ0n) is 12.0. The van der Waals surface area contributed by atoms with Gasteiger partial charge in [-0.25, -0.2) is 4.79 Å². The van der Waals surface area contributed by atoms with E-state index in [4.69, 9.17) is 9.84 Å². The van der Waals surface area contributed by atoms with E-state index >= 15 is 0 Å². The van der Waals surface area contributed by atoms with Crippen molar-refractivity contribution in [1.29, 1.82) is 0 Å². The minimum absolute atomic E-state index is 0.0255. The van der Waals surface area contributed by atoms with Crippen LogP contribution in [0.25, 0.3) is 11.3 Å². The number of aryl methyl sites for hydroxylation is 1. The molecule has 0 saturated carbocycles. The topological polar surface area (TPSA) is 64.3 Å². The van der Waals surface area contributed by atoms with Crippen LogP contribution in [0.1, 0.15) is 35.8 Å². The average molecular weight is 274 g/mol. The van der Waals surface area contributed by atoms with Crippen LogP contribution in [0.15, 0.2) is 24.3 Å². The molecule has 0 bridgehead atoms. The molecular weight excluding hydrogens is 256 g/mol. The van der Waals surface area contributed by atoms with Gasteiger partial charge in [0.05, 0.1) is 12.8 Å². The fourth-order valence-electron chi connectivity index (χ4n) is 2.10. The molecule has 0 spiro atoms. The Morgan fingerprint density at radius 2 is 2.05 bits per heavy atom. The fraction of sp³-hybridized carbons (Fsp3) is 0.333. The van der Waals surface area contributed by atoms with Gasteiger partial charge in [-0.05, 0) is 29.7 Å². The molecule has 5 heteroatoms. The number of carbonyl (C=O) groups is 1. The van der Waals surface area contributed by atoms with Gasteiger partial charge in [0.25, 0.3) is 0 Å². The monoisotopic (exact) mass is 274 g/mol. The molecule has 0 aliphatic heterocycles. The largest absolute Gasteiger partial charge is 0.496 e. The van der Waals surface area contributed by atoms with E-state index in [0.29, 0.717) is 5.92 Å². The Morgan fingerprint density at radius 1 is 1.35 bits per heavy atom. The molecule has 1 aromatic heterocycles. The number of benzene rings is 1. The zero-order chi connectivity index (χ0) is 14.9. The molecule has 0 amide bonds. The highest BCUT2D eigenvalue weighted by molar-refractivity contribution is 5.87. The van der Waals surface area contributed by atoms with Crippen LogP contribution >= 0.6 is 0 Å². The molecule has 2 aromatic rings. The summed E-state index contributed by atoms with van der Waals surface area (Å²) in [5.74, 6) is 0.0832. The SMILES string of the molecule is COc1cc(C(C)C)ccc1-c1cc(C(=O)O)nn1C. The highest BCUT2D eigenvalue weighted by Crippen LogP contribution is 2.33. The molecule has 1 heterocycles. The third kappa shape index (κ3) is 2.52. The Morgan fingerprint density at radius 3 is 2.55 bits per heavy atom. The van der Waals surface area contributed by atoms with Crippen molar-refractivity contribution < 1.29 is 14.6 Å². The van der Waals surface area contributed by atoms with Gasteiger partial charge in [-0.2, -0.15) is 5.10 Å². The lowest BCUT2D eigenvalue weighted by Crippen LogP contribution is -2.00. The first kappa shape index (κ1) is 14.1. The molecular formula is C15H18N2O3. The van der Waals surface area contributed by atoms with Crippen molar-refractivity contribution >= 4 is 5.97 Å². The van der Waals surface area contributed by atoms with Gasteiger partial charge in [-0.3, -0.25) is 4.68 Å². The lowest BCUT2D eigenvalue weighted by molar-refractivity contribution is 0.0689. The summed E-state index contributed by atoms with van der Waals surface area (Å²) in [6.45, 7) is 4.22. The van der Waals surface area contributed by atoms with Crippen LogP contribution in [0.5, 0.6) is 5.75 Å². The Labute approximate surface area is 117 Å². The third-order valence-electron chi connectivity index (χ3n) is 3.27. The van der Waals surface area contributed by atoms with Gasteiger partial charge >= 0.3 is 5.97 Å². The molecule has 1 aromatic carbocycles. The molecule has 0 fully saturated rings. The Kier molecular flexibility index (Phi) is 3.79. The van der Waals surface area contributed by atoms with E-state index in [1.165, 1.54) is 5.56 Å². The normalized spacial score (nSPS) is 10.8. The number of carboxylic acid groups (broad SMARTS) is 1. The Hall–Kier alpha value is -2.30. The summed E-state index contributed by atoms with van der Waals surface area (Å²) in [6.07, 6.45) is 0. The van der Waals surface area contributed by atoms with Gasteiger partial charge < -0.3 is 9.84 Å². The molecule has 1 N–H and O–H groups in total. The fourth-order valence-corrected chi connectivity index (χ4v) is 2.10. The van der Waals surface area contributed by atoms with Gasteiger partial charge in [0.1, 0.15) is 5.75 Å². The van der Waals surface area contributed by atoms with Crippen LogP contribution < -0.4 is 4.74 Å². The van der Waals surface area contributed by atoms with Crippen molar-refractivity contribution in [2.45, 2.75) is 19.8 Å². The molecule has 0 unspecified atom stereocenters. The molecule has 106 valence electrons. The summed E-state index contributed by atoms with van der Waals surface area (Å²) in [4.78, 5) is 11.0. The molecule has 0 saturated heterocycles. The number of aromatic nitrogens is 2. The number of nitrogens with zero attached hydrogens (tertiary/aromatic N) is 2. The van der Waals surface area contributed by atoms with E-state index in [9.17, 15) is 4.79 Å². The number of ether oxygens (including phenoxy) is 1. The van der Waals surface area contributed by atoms with E-state index in [1.807, 2.05) is 18.2 Å². The van der Waals surface area contributed by atoms with Crippen molar-refractivity contribution in [3.63, 3.8) is 0 Å². The van der Waals surface area contributed by atoms with Crippen LogP contribution in [0.4, 0.5) is 0 Å². The van der Waals surface area contributed by atoms with Gasteiger partial charge in [-0.1, -0.05) is 19.9 Å². The summed E-state index contributed by atoms with van der Waals surface area (Å²) < 4.78 is 6.98. The minimum atomic E-state index is -1.04. The maximum absolute atomic E-state index is 11.0. The smallest absolute Gasteiger partial charge is 0.356 e. The van der Waals surface area contributed by atoms with Crippen LogP contribution in [0.3, 0.4) is 0 Å².